The number of nitrogens with one attached hydrogen (secondary N) is 3. The van der Waals surface area contributed by atoms with E-state index in [4.69, 9.17) is 28.6 Å². The molecular weight excluding hydrogens is 472 g/mol. The van der Waals surface area contributed by atoms with Gasteiger partial charge in [-0.05, 0) is 55.9 Å². The summed E-state index contributed by atoms with van der Waals surface area (Å²) in [6.07, 6.45) is -1.01. The lowest BCUT2D eigenvalue weighted by Crippen LogP contribution is -2.48. The molecule has 1 amide bonds. The van der Waals surface area contributed by atoms with Crippen molar-refractivity contribution in [3.63, 3.8) is 0 Å². The van der Waals surface area contributed by atoms with Crippen molar-refractivity contribution in [1.82, 2.24) is 10.9 Å². The van der Waals surface area contributed by atoms with Crippen molar-refractivity contribution in [3.8, 4) is 5.75 Å². The van der Waals surface area contributed by atoms with Gasteiger partial charge in [0.05, 0.1) is 15.6 Å². The molecule has 2 aromatic carbocycles. The molecule has 2 aromatic rings. The Labute approximate surface area is 179 Å². The highest BCUT2D eigenvalue weighted by molar-refractivity contribution is 9.10. The minimum Gasteiger partial charge on any atom is -0.474 e. The zero-order chi connectivity index (χ0) is 20.8. The number of hydrogen-bond donors (Lipinski definition) is 3. The molecule has 0 bridgehead atoms. The van der Waals surface area contributed by atoms with Crippen LogP contribution in [0.5, 0.6) is 5.75 Å². The first-order valence-corrected chi connectivity index (χ1v) is 9.49. The Morgan fingerprint density at radius 2 is 2.00 bits per heavy atom. The summed E-state index contributed by atoms with van der Waals surface area (Å²) in [6, 6.07) is 9.66. The molecule has 0 saturated carbocycles. The van der Waals surface area contributed by atoms with Crippen molar-refractivity contribution < 1.29 is 14.5 Å². The Balaban J connectivity index is 1.92. The van der Waals surface area contributed by atoms with E-state index in [0.29, 0.717) is 16.3 Å². The summed E-state index contributed by atoms with van der Waals surface area (Å²) in [5.41, 5.74) is 5.94. The monoisotopic (exact) mass is 486 g/mol. The first kappa shape index (κ1) is 21.9. The van der Waals surface area contributed by atoms with E-state index < -0.39 is 16.9 Å². The summed E-state index contributed by atoms with van der Waals surface area (Å²) < 4.78 is 6.23. The van der Waals surface area contributed by atoms with Crippen molar-refractivity contribution in [2.45, 2.75) is 20.0 Å². The van der Waals surface area contributed by atoms with Gasteiger partial charge in [0.1, 0.15) is 0 Å². The number of nitrogens with zero attached hydrogens (tertiary/aromatic N) is 1. The van der Waals surface area contributed by atoms with E-state index in [-0.39, 0.29) is 16.5 Å². The third-order valence-electron chi connectivity index (χ3n) is 3.46. The molecule has 0 unspecified atom stereocenters. The van der Waals surface area contributed by atoms with E-state index in [2.05, 4.69) is 32.1 Å². The second-order valence-corrected chi connectivity index (χ2v) is 7.41. The lowest BCUT2D eigenvalue weighted by Gasteiger charge is -2.17. The van der Waals surface area contributed by atoms with E-state index in [0.717, 1.165) is 4.47 Å². The van der Waals surface area contributed by atoms with Gasteiger partial charge in [0.25, 0.3) is 5.91 Å². The van der Waals surface area contributed by atoms with Crippen molar-refractivity contribution >= 4 is 62.1 Å². The summed E-state index contributed by atoms with van der Waals surface area (Å²) >= 11 is 14.5. The molecule has 11 heteroatoms. The third kappa shape index (κ3) is 6.04. The van der Waals surface area contributed by atoms with Crippen LogP contribution in [0.15, 0.2) is 40.9 Å². The van der Waals surface area contributed by atoms with Crippen LogP contribution in [0.2, 0.25) is 5.02 Å². The number of hydrogen-bond acceptors (Lipinski definition) is 5. The largest absolute Gasteiger partial charge is 0.474 e. The molecule has 0 aliphatic carbocycles. The smallest absolute Gasteiger partial charge is 0.311 e. The number of benzene rings is 2. The van der Waals surface area contributed by atoms with Gasteiger partial charge in [-0.1, -0.05) is 33.6 Å². The molecule has 0 heterocycles. The molecule has 3 N–H and O–H groups in total. The molecule has 8 nitrogen and oxygen atoms in total. The number of amides is 1. The van der Waals surface area contributed by atoms with Crippen LogP contribution in [-0.2, 0) is 4.79 Å². The maximum Gasteiger partial charge on any atom is 0.311 e. The van der Waals surface area contributed by atoms with Gasteiger partial charge in [0, 0.05) is 10.5 Å². The summed E-state index contributed by atoms with van der Waals surface area (Å²) in [6.45, 7) is 3.19. The van der Waals surface area contributed by atoms with Crippen molar-refractivity contribution in [2.24, 2.45) is 0 Å². The zero-order valence-corrected chi connectivity index (χ0v) is 17.9. The minimum absolute atomic E-state index is 0.000552. The molecule has 28 heavy (non-hydrogen) atoms. The highest BCUT2D eigenvalue weighted by Gasteiger charge is 2.21. The number of aryl methyl sites for hydroxylation is 1. The lowest BCUT2D eigenvalue weighted by molar-refractivity contribution is -0.386. The second kappa shape index (κ2) is 9.67. The third-order valence-corrected chi connectivity index (χ3v) is 4.47. The fourth-order valence-corrected chi connectivity index (χ4v) is 2.96. The molecule has 0 saturated heterocycles. The molecule has 148 valence electrons. The average Bonchev–Trinajstić information content (AvgIpc) is 2.63. The van der Waals surface area contributed by atoms with Crippen LogP contribution >= 0.6 is 39.7 Å². The number of carbonyl (C=O) groups excluding carboxylic acids is 1. The van der Waals surface area contributed by atoms with Crippen LogP contribution in [0, 0.1) is 17.0 Å². The molecular formula is C17H16BrClN4O4S. The standard InChI is InChI=1S/C17H16BrClN4O4S/c1-9-3-6-15(14(7-9)23(25)26)27-10(2)16(24)21-22-17(28)20-13-5-4-11(18)8-12(13)19/h3-8,10H,1-2H3,(H,21,24)(H2,20,22,28)/t10-/m0/s1. The first-order valence-electron chi connectivity index (χ1n) is 7.91. The number of hydrazine groups is 1. The van der Waals surface area contributed by atoms with Crippen LogP contribution in [0.25, 0.3) is 0 Å². The van der Waals surface area contributed by atoms with Crippen molar-refractivity contribution in [3.05, 3.63) is 61.6 Å². The molecule has 0 fully saturated rings. The molecule has 1 atom stereocenters. The minimum atomic E-state index is -1.01. The van der Waals surface area contributed by atoms with E-state index in [1.165, 1.54) is 19.1 Å². The number of rotatable bonds is 5. The highest BCUT2D eigenvalue weighted by Crippen LogP contribution is 2.28. The summed E-state index contributed by atoms with van der Waals surface area (Å²) in [7, 11) is 0. The van der Waals surface area contributed by atoms with Crippen LogP contribution in [-0.4, -0.2) is 22.0 Å². The van der Waals surface area contributed by atoms with E-state index in [1.54, 1.807) is 31.2 Å². The Bertz CT molecular complexity index is 928. The predicted octanol–water partition coefficient (Wildman–Crippen LogP) is 4.10. The van der Waals surface area contributed by atoms with Gasteiger partial charge in [0.2, 0.25) is 0 Å². The van der Waals surface area contributed by atoms with E-state index in [9.17, 15) is 14.9 Å². The number of carbonyl (C=O) groups is 1. The lowest BCUT2D eigenvalue weighted by atomic mass is 10.2. The number of halogens is 2. The van der Waals surface area contributed by atoms with Crippen molar-refractivity contribution in [2.75, 3.05) is 5.32 Å². The normalized spacial score (nSPS) is 11.3. The highest BCUT2D eigenvalue weighted by atomic mass is 79.9. The zero-order valence-electron chi connectivity index (χ0n) is 14.8. The second-order valence-electron chi connectivity index (χ2n) is 5.68. The summed E-state index contributed by atoms with van der Waals surface area (Å²) in [5.74, 6) is -0.568. The molecule has 0 radical (unpaired) electrons. The number of nitro benzene ring substituents is 1. The molecule has 0 aromatic heterocycles. The van der Waals surface area contributed by atoms with Crippen molar-refractivity contribution in [1.29, 1.82) is 0 Å². The number of anilines is 1. The van der Waals surface area contributed by atoms with Gasteiger partial charge in [-0.3, -0.25) is 25.8 Å². The molecule has 2 rings (SSSR count). The van der Waals surface area contributed by atoms with Gasteiger partial charge < -0.3 is 10.1 Å². The quantitative estimate of drug-likeness (QED) is 0.331. The van der Waals surface area contributed by atoms with Gasteiger partial charge in [0.15, 0.2) is 17.0 Å². The van der Waals surface area contributed by atoms with Crippen LogP contribution in [0.3, 0.4) is 0 Å². The van der Waals surface area contributed by atoms with Gasteiger partial charge in [-0.15, -0.1) is 0 Å². The van der Waals surface area contributed by atoms with Crippen LogP contribution in [0.4, 0.5) is 11.4 Å². The Morgan fingerprint density at radius 1 is 1.29 bits per heavy atom. The summed E-state index contributed by atoms with van der Waals surface area (Å²) in [5, 5.41) is 14.5. The predicted molar refractivity (Wildman–Crippen MR) is 115 cm³/mol. The number of thiocarbonyl (C=S) groups is 1. The number of nitro groups is 1. The van der Waals surface area contributed by atoms with Gasteiger partial charge in [-0.25, -0.2) is 0 Å². The van der Waals surface area contributed by atoms with E-state index >= 15 is 0 Å². The van der Waals surface area contributed by atoms with Gasteiger partial charge in [-0.2, -0.15) is 0 Å². The Hall–Kier alpha value is -2.43. The molecule has 0 spiro atoms. The average molecular weight is 488 g/mol. The van der Waals surface area contributed by atoms with E-state index in [1.807, 2.05) is 0 Å². The maximum absolute atomic E-state index is 12.2. The Kier molecular flexibility index (Phi) is 7.55. The molecule has 0 aliphatic rings. The molecule has 0 aliphatic heterocycles. The fraction of sp³-hybridized carbons (Fsp3) is 0.176. The van der Waals surface area contributed by atoms with Crippen LogP contribution in [0.1, 0.15) is 12.5 Å². The topological polar surface area (TPSA) is 106 Å². The van der Waals surface area contributed by atoms with Crippen LogP contribution < -0.4 is 20.9 Å². The SMILES string of the molecule is Cc1ccc(O[C@@H](C)C(=O)NNC(=S)Nc2ccc(Br)cc2Cl)c([N+](=O)[O-])c1. The maximum atomic E-state index is 12.2. The fourth-order valence-electron chi connectivity index (χ4n) is 2.08. The first-order chi connectivity index (χ1) is 13.2. The Morgan fingerprint density at radius 3 is 2.64 bits per heavy atom. The van der Waals surface area contributed by atoms with Gasteiger partial charge >= 0.3 is 5.69 Å². The summed E-state index contributed by atoms with van der Waals surface area (Å²) in [4.78, 5) is 22.7. The number of ether oxygens (including phenoxy) is 1.